The van der Waals surface area contributed by atoms with Crippen molar-refractivity contribution in [3.8, 4) is 23.6 Å². The van der Waals surface area contributed by atoms with E-state index in [1.807, 2.05) is 64.1 Å². The highest BCUT2D eigenvalue weighted by molar-refractivity contribution is 6.62. The van der Waals surface area contributed by atoms with Crippen molar-refractivity contribution < 1.29 is 14.0 Å². The number of nitriles is 2. The molecule has 1 heterocycles. The summed E-state index contributed by atoms with van der Waals surface area (Å²) in [5.41, 5.74) is 0.759. The molecule has 0 amide bonds. The van der Waals surface area contributed by atoms with Crippen LogP contribution in [0, 0.1) is 22.7 Å². The molecule has 2 aromatic carbocycles. The maximum absolute atomic E-state index is 9.10. The van der Waals surface area contributed by atoms with Crippen LogP contribution in [-0.4, -0.2) is 18.3 Å². The van der Waals surface area contributed by atoms with Crippen LogP contribution in [0.25, 0.3) is 0 Å². The first-order valence-corrected chi connectivity index (χ1v) is 8.33. The van der Waals surface area contributed by atoms with Crippen LogP contribution >= 0.6 is 0 Å². The summed E-state index contributed by atoms with van der Waals surface area (Å²) in [7, 11) is -0.422. The lowest BCUT2D eigenvalue weighted by Crippen LogP contribution is -2.41. The van der Waals surface area contributed by atoms with Gasteiger partial charge in [-0.15, -0.1) is 0 Å². The van der Waals surface area contributed by atoms with Crippen molar-refractivity contribution in [3.05, 3.63) is 53.6 Å². The minimum Gasteiger partial charge on any atom is -0.457 e. The largest absolute Gasteiger partial charge is 0.494 e. The van der Waals surface area contributed by atoms with Gasteiger partial charge in [0.2, 0.25) is 0 Å². The van der Waals surface area contributed by atoms with E-state index in [1.165, 1.54) is 0 Å². The molecule has 1 fully saturated rings. The molecule has 130 valence electrons. The molecule has 0 saturated carbocycles. The molecule has 0 unspecified atom stereocenters. The third kappa shape index (κ3) is 3.30. The van der Waals surface area contributed by atoms with Gasteiger partial charge in [0.05, 0.1) is 22.3 Å². The molecule has 0 aromatic heterocycles. The molecule has 3 rings (SSSR count). The Bertz CT molecular complexity index is 892. The number of ether oxygens (including phenoxy) is 1. The van der Waals surface area contributed by atoms with Crippen molar-refractivity contribution in [1.29, 1.82) is 10.5 Å². The Hall–Kier alpha value is -2.80. The third-order valence-corrected chi connectivity index (χ3v) is 4.87. The van der Waals surface area contributed by atoms with Gasteiger partial charge in [-0.1, -0.05) is 12.1 Å². The fraction of sp³-hybridized carbons (Fsp3) is 0.300. The zero-order valence-corrected chi connectivity index (χ0v) is 15.2. The standard InChI is InChI=1S/C20H19BN2O3/c1-19(2)20(3,4)26-21(25-19)16-6-9-17(10-7-16)24-18-8-5-14(12-22)15(11-18)13-23/h5-11H,1-4H3. The van der Waals surface area contributed by atoms with E-state index in [9.17, 15) is 0 Å². The van der Waals surface area contributed by atoms with Crippen molar-refractivity contribution in [1.82, 2.24) is 0 Å². The molecule has 6 heteroatoms. The highest BCUT2D eigenvalue weighted by Gasteiger charge is 2.51. The molecule has 2 aromatic rings. The normalized spacial score (nSPS) is 17.4. The molecule has 1 saturated heterocycles. The summed E-state index contributed by atoms with van der Waals surface area (Å²) in [5.74, 6) is 1.13. The number of rotatable bonds is 3. The van der Waals surface area contributed by atoms with Gasteiger partial charge in [-0.25, -0.2) is 0 Å². The van der Waals surface area contributed by atoms with Crippen LogP contribution in [-0.2, 0) is 9.31 Å². The third-order valence-electron chi connectivity index (χ3n) is 4.87. The lowest BCUT2D eigenvalue weighted by atomic mass is 9.79. The average molecular weight is 346 g/mol. The second kappa shape index (κ2) is 6.50. The van der Waals surface area contributed by atoms with E-state index in [-0.39, 0.29) is 11.2 Å². The minimum atomic E-state index is -0.422. The number of nitrogens with zero attached hydrogens (tertiary/aromatic N) is 2. The Kier molecular flexibility index (Phi) is 4.50. The van der Waals surface area contributed by atoms with Crippen LogP contribution < -0.4 is 10.2 Å². The Morgan fingerprint density at radius 2 is 1.35 bits per heavy atom. The predicted molar refractivity (Wildman–Crippen MR) is 98.1 cm³/mol. The molecule has 1 aliphatic rings. The Morgan fingerprint density at radius 3 is 1.88 bits per heavy atom. The Labute approximate surface area is 153 Å². The zero-order chi connectivity index (χ0) is 18.9. The van der Waals surface area contributed by atoms with Gasteiger partial charge in [0.25, 0.3) is 0 Å². The van der Waals surface area contributed by atoms with Crippen LogP contribution in [0.15, 0.2) is 42.5 Å². The van der Waals surface area contributed by atoms with Gasteiger partial charge in [0.1, 0.15) is 23.6 Å². The SMILES string of the molecule is CC1(C)OB(c2ccc(Oc3ccc(C#N)c(C#N)c3)cc2)OC1(C)C. The summed E-state index contributed by atoms with van der Waals surface area (Å²) in [6.45, 7) is 8.06. The molecule has 26 heavy (non-hydrogen) atoms. The summed E-state index contributed by atoms with van der Waals surface area (Å²) in [6.07, 6.45) is 0. The smallest absolute Gasteiger partial charge is 0.457 e. The maximum Gasteiger partial charge on any atom is 0.494 e. The van der Waals surface area contributed by atoms with Gasteiger partial charge >= 0.3 is 7.12 Å². The molecule has 1 aliphatic heterocycles. The van der Waals surface area contributed by atoms with Gasteiger partial charge in [0.15, 0.2) is 0 Å². The lowest BCUT2D eigenvalue weighted by molar-refractivity contribution is 0.00578. The van der Waals surface area contributed by atoms with E-state index in [0.29, 0.717) is 22.6 Å². The van der Waals surface area contributed by atoms with E-state index in [4.69, 9.17) is 24.6 Å². The van der Waals surface area contributed by atoms with Crippen LogP contribution in [0.2, 0.25) is 0 Å². The first kappa shape index (κ1) is 18.0. The molecule has 0 N–H and O–H groups in total. The second-order valence-electron chi connectivity index (χ2n) is 7.19. The fourth-order valence-electron chi connectivity index (χ4n) is 2.59. The van der Waals surface area contributed by atoms with Gasteiger partial charge in [-0.05, 0) is 63.5 Å². The van der Waals surface area contributed by atoms with Crippen molar-refractivity contribution in [2.75, 3.05) is 0 Å². The molecule has 0 aliphatic carbocycles. The van der Waals surface area contributed by atoms with E-state index in [0.717, 1.165) is 5.46 Å². The molecule has 5 nitrogen and oxygen atoms in total. The predicted octanol–water partition coefficient (Wildman–Crippen LogP) is 3.52. The van der Waals surface area contributed by atoms with Crippen LogP contribution in [0.1, 0.15) is 38.8 Å². The summed E-state index contributed by atoms with van der Waals surface area (Å²) in [4.78, 5) is 0. The highest BCUT2D eigenvalue weighted by Crippen LogP contribution is 2.36. The van der Waals surface area contributed by atoms with Crippen molar-refractivity contribution in [3.63, 3.8) is 0 Å². The van der Waals surface area contributed by atoms with Crippen molar-refractivity contribution in [2.24, 2.45) is 0 Å². The Balaban J connectivity index is 1.75. The second-order valence-corrected chi connectivity index (χ2v) is 7.19. The number of hydrogen-bond acceptors (Lipinski definition) is 5. The minimum absolute atomic E-state index is 0.291. The monoisotopic (exact) mass is 346 g/mol. The quantitative estimate of drug-likeness (QED) is 0.795. The highest BCUT2D eigenvalue weighted by atomic mass is 16.7. The van der Waals surface area contributed by atoms with Crippen LogP contribution in [0.4, 0.5) is 0 Å². The number of benzene rings is 2. The van der Waals surface area contributed by atoms with Gasteiger partial charge in [0, 0.05) is 0 Å². The molecule has 0 radical (unpaired) electrons. The van der Waals surface area contributed by atoms with E-state index in [2.05, 4.69) is 0 Å². The Morgan fingerprint density at radius 1 is 0.808 bits per heavy atom. The molecule has 0 spiro atoms. The lowest BCUT2D eigenvalue weighted by Gasteiger charge is -2.32. The van der Waals surface area contributed by atoms with Gasteiger partial charge in [-0.2, -0.15) is 10.5 Å². The summed E-state index contributed by atoms with van der Waals surface area (Å²) < 4.78 is 17.8. The maximum atomic E-state index is 9.10. The van der Waals surface area contributed by atoms with Crippen molar-refractivity contribution >= 4 is 12.6 Å². The van der Waals surface area contributed by atoms with Crippen molar-refractivity contribution in [2.45, 2.75) is 38.9 Å². The van der Waals surface area contributed by atoms with E-state index in [1.54, 1.807) is 18.2 Å². The fourth-order valence-corrected chi connectivity index (χ4v) is 2.59. The molecular formula is C20H19BN2O3. The van der Waals surface area contributed by atoms with Gasteiger partial charge < -0.3 is 14.0 Å². The van der Waals surface area contributed by atoms with Gasteiger partial charge in [-0.3, -0.25) is 0 Å². The zero-order valence-electron chi connectivity index (χ0n) is 15.2. The van der Waals surface area contributed by atoms with Crippen LogP contribution in [0.3, 0.4) is 0 Å². The number of hydrogen-bond donors (Lipinski definition) is 0. The van der Waals surface area contributed by atoms with E-state index >= 15 is 0 Å². The summed E-state index contributed by atoms with van der Waals surface area (Å²) in [5, 5.41) is 18.1. The first-order valence-electron chi connectivity index (χ1n) is 8.33. The average Bonchev–Trinajstić information content (AvgIpc) is 2.83. The molecule has 0 bridgehead atoms. The van der Waals surface area contributed by atoms with Crippen LogP contribution in [0.5, 0.6) is 11.5 Å². The summed E-state index contributed by atoms with van der Waals surface area (Å²) >= 11 is 0. The first-order chi connectivity index (χ1) is 12.3. The topological polar surface area (TPSA) is 75.3 Å². The molecular weight excluding hydrogens is 327 g/mol. The van der Waals surface area contributed by atoms with E-state index < -0.39 is 7.12 Å². The summed E-state index contributed by atoms with van der Waals surface area (Å²) in [6, 6.07) is 16.2. The molecule has 0 atom stereocenters.